The molecule has 4 heterocycles. The van der Waals surface area contributed by atoms with Gasteiger partial charge in [-0.25, -0.2) is 4.98 Å². The Bertz CT molecular complexity index is 734. The van der Waals surface area contributed by atoms with Crippen LogP contribution in [0.3, 0.4) is 0 Å². The summed E-state index contributed by atoms with van der Waals surface area (Å²) in [4.78, 5) is 21.6. The summed E-state index contributed by atoms with van der Waals surface area (Å²) < 4.78 is 5.35. The Balaban J connectivity index is 1.47. The number of carbonyl (C=O) groups excluding carboxylic acids is 1. The third-order valence-electron chi connectivity index (χ3n) is 5.20. The van der Waals surface area contributed by atoms with Crippen LogP contribution in [0.2, 0.25) is 0 Å². The van der Waals surface area contributed by atoms with Gasteiger partial charge < -0.3 is 9.64 Å². The maximum atomic E-state index is 13.0. The number of ether oxygens (including phenoxy) is 1. The Morgan fingerprint density at radius 1 is 1.33 bits per heavy atom. The van der Waals surface area contributed by atoms with E-state index in [0.717, 1.165) is 50.3 Å². The molecule has 2 aromatic rings. The van der Waals surface area contributed by atoms with Gasteiger partial charge in [0, 0.05) is 36.8 Å². The average Bonchev–Trinajstić information content (AvgIpc) is 3.32. The van der Waals surface area contributed by atoms with Gasteiger partial charge in [-0.2, -0.15) is 11.3 Å². The van der Waals surface area contributed by atoms with E-state index in [1.807, 2.05) is 28.5 Å². The SMILES string of the molecule is COc1ncccc1CN1CC[C@@]2(CCN(c3ccsc3)C2=O)C1. The Morgan fingerprint density at radius 3 is 3.00 bits per heavy atom. The minimum absolute atomic E-state index is 0.211. The largest absolute Gasteiger partial charge is 0.481 e. The van der Waals surface area contributed by atoms with Crippen LogP contribution in [0, 0.1) is 5.41 Å². The summed E-state index contributed by atoms with van der Waals surface area (Å²) in [6, 6.07) is 6.02. The number of amides is 1. The number of anilines is 1. The molecular weight excluding hydrogens is 322 g/mol. The maximum Gasteiger partial charge on any atom is 0.234 e. The molecule has 4 rings (SSSR count). The van der Waals surface area contributed by atoms with Crippen molar-refractivity contribution in [1.82, 2.24) is 9.88 Å². The van der Waals surface area contributed by atoms with Gasteiger partial charge in [0.15, 0.2) is 0 Å². The van der Waals surface area contributed by atoms with E-state index in [1.165, 1.54) is 0 Å². The highest BCUT2D eigenvalue weighted by atomic mass is 32.1. The summed E-state index contributed by atoms with van der Waals surface area (Å²) in [6.07, 6.45) is 3.63. The molecule has 2 aliphatic rings. The minimum atomic E-state index is -0.211. The zero-order valence-electron chi connectivity index (χ0n) is 13.8. The molecule has 2 saturated heterocycles. The Morgan fingerprint density at radius 2 is 2.21 bits per heavy atom. The smallest absolute Gasteiger partial charge is 0.234 e. The van der Waals surface area contributed by atoms with Crippen LogP contribution in [-0.4, -0.2) is 42.5 Å². The van der Waals surface area contributed by atoms with E-state index in [1.54, 1.807) is 24.6 Å². The number of nitrogens with zero attached hydrogens (tertiary/aromatic N) is 3. The molecule has 1 amide bonds. The molecule has 5 nitrogen and oxygen atoms in total. The van der Waals surface area contributed by atoms with Crippen LogP contribution in [0.1, 0.15) is 18.4 Å². The van der Waals surface area contributed by atoms with Crippen molar-refractivity contribution in [1.29, 1.82) is 0 Å². The van der Waals surface area contributed by atoms with Crippen LogP contribution in [0.25, 0.3) is 0 Å². The number of pyridine rings is 1. The fourth-order valence-electron chi connectivity index (χ4n) is 3.92. The first-order valence-corrected chi connectivity index (χ1v) is 9.20. The van der Waals surface area contributed by atoms with Gasteiger partial charge in [0.05, 0.1) is 18.2 Å². The molecule has 0 radical (unpaired) electrons. The van der Waals surface area contributed by atoms with Gasteiger partial charge in [-0.05, 0) is 36.9 Å². The summed E-state index contributed by atoms with van der Waals surface area (Å²) in [7, 11) is 1.65. The molecule has 126 valence electrons. The van der Waals surface area contributed by atoms with Crippen LogP contribution >= 0.6 is 11.3 Å². The van der Waals surface area contributed by atoms with E-state index in [0.29, 0.717) is 11.8 Å². The van der Waals surface area contributed by atoms with E-state index >= 15 is 0 Å². The molecule has 2 fully saturated rings. The second-order valence-electron chi connectivity index (χ2n) is 6.60. The molecule has 2 aliphatic heterocycles. The minimum Gasteiger partial charge on any atom is -0.481 e. The predicted octanol–water partition coefficient (Wildman–Crippen LogP) is 2.78. The van der Waals surface area contributed by atoms with Crippen molar-refractivity contribution in [2.24, 2.45) is 5.41 Å². The molecule has 0 bridgehead atoms. The fraction of sp³-hybridized carbons (Fsp3) is 0.444. The summed E-state index contributed by atoms with van der Waals surface area (Å²) in [6.45, 7) is 3.38. The van der Waals surface area contributed by atoms with Gasteiger partial charge >= 0.3 is 0 Å². The number of hydrogen-bond donors (Lipinski definition) is 0. The summed E-state index contributed by atoms with van der Waals surface area (Å²) in [5, 5.41) is 4.09. The van der Waals surface area contributed by atoms with Crippen molar-refractivity contribution < 1.29 is 9.53 Å². The zero-order chi connectivity index (χ0) is 16.6. The molecule has 0 N–H and O–H groups in total. The van der Waals surface area contributed by atoms with Gasteiger partial charge in [-0.3, -0.25) is 9.69 Å². The summed E-state index contributed by atoms with van der Waals surface area (Å²) in [5.41, 5.74) is 1.92. The van der Waals surface area contributed by atoms with Crippen molar-refractivity contribution in [3.63, 3.8) is 0 Å². The van der Waals surface area contributed by atoms with Gasteiger partial charge in [0.25, 0.3) is 0 Å². The van der Waals surface area contributed by atoms with E-state index < -0.39 is 0 Å². The highest BCUT2D eigenvalue weighted by molar-refractivity contribution is 7.08. The number of methoxy groups -OCH3 is 1. The summed E-state index contributed by atoms with van der Waals surface area (Å²) in [5.74, 6) is 0.970. The summed E-state index contributed by atoms with van der Waals surface area (Å²) >= 11 is 1.64. The van der Waals surface area contributed by atoms with Crippen LogP contribution in [0.4, 0.5) is 5.69 Å². The first kappa shape index (κ1) is 15.6. The first-order chi connectivity index (χ1) is 11.7. The Hall–Kier alpha value is -1.92. The van der Waals surface area contributed by atoms with E-state index in [4.69, 9.17) is 4.74 Å². The lowest BCUT2D eigenvalue weighted by atomic mass is 9.85. The standard InChI is InChI=1S/C18H21N3O2S/c1-23-16-14(3-2-7-19-16)11-20-8-5-18(13-20)6-9-21(17(18)22)15-4-10-24-12-15/h2-4,7,10,12H,5-6,8-9,11,13H2,1H3/t18-/m1/s1. The molecule has 0 aliphatic carbocycles. The Kier molecular flexibility index (Phi) is 4.02. The molecule has 6 heteroatoms. The molecule has 1 atom stereocenters. The monoisotopic (exact) mass is 343 g/mol. The predicted molar refractivity (Wildman–Crippen MR) is 94.4 cm³/mol. The van der Waals surface area contributed by atoms with Crippen molar-refractivity contribution in [2.45, 2.75) is 19.4 Å². The van der Waals surface area contributed by atoms with Crippen molar-refractivity contribution >= 4 is 22.9 Å². The second kappa shape index (κ2) is 6.18. The van der Waals surface area contributed by atoms with Gasteiger partial charge in [-0.15, -0.1) is 0 Å². The molecule has 1 spiro atoms. The van der Waals surface area contributed by atoms with Crippen LogP contribution in [0.5, 0.6) is 5.88 Å². The molecular formula is C18H21N3O2S. The topological polar surface area (TPSA) is 45.7 Å². The van der Waals surface area contributed by atoms with Crippen molar-refractivity contribution in [2.75, 3.05) is 31.6 Å². The maximum absolute atomic E-state index is 13.0. The van der Waals surface area contributed by atoms with Crippen molar-refractivity contribution in [3.8, 4) is 5.88 Å². The number of carbonyl (C=O) groups is 1. The van der Waals surface area contributed by atoms with Crippen molar-refractivity contribution in [3.05, 3.63) is 40.7 Å². The van der Waals surface area contributed by atoms with Crippen LogP contribution in [0.15, 0.2) is 35.2 Å². The lowest BCUT2D eigenvalue weighted by Gasteiger charge is -2.23. The lowest BCUT2D eigenvalue weighted by Crippen LogP contribution is -2.36. The normalized spacial score (nSPS) is 24.2. The Labute approximate surface area is 145 Å². The van der Waals surface area contributed by atoms with Gasteiger partial charge in [0.2, 0.25) is 11.8 Å². The molecule has 0 saturated carbocycles. The number of hydrogen-bond acceptors (Lipinski definition) is 5. The lowest BCUT2D eigenvalue weighted by molar-refractivity contribution is -0.125. The third kappa shape index (κ3) is 2.59. The molecule has 24 heavy (non-hydrogen) atoms. The van der Waals surface area contributed by atoms with Gasteiger partial charge in [0.1, 0.15) is 0 Å². The van der Waals surface area contributed by atoms with Crippen LogP contribution < -0.4 is 9.64 Å². The van der Waals surface area contributed by atoms with E-state index in [2.05, 4.69) is 15.3 Å². The quantitative estimate of drug-likeness (QED) is 0.856. The highest BCUT2D eigenvalue weighted by Crippen LogP contribution is 2.43. The van der Waals surface area contributed by atoms with Crippen LogP contribution in [-0.2, 0) is 11.3 Å². The molecule has 0 aromatic carbocycles. The van der Waals surface area contributed by atoms with Gasteiger partial charge in [-0.1, -0.05) is 6.07 Å². The fourth-order valence-corrected chi connectivity index (χ4v) is 4.56. The molecule has 2 aromatic heterocycles. The number of rotatable bonds is 4. The number of aromatic nitrogens is 1. The third-order valence-corrected chi connectivity index (χ3v) is 5.87. The highest BCUT2D eigenvalue weighted by Gasteiger charge is 2.51. The first-order valence-electron chi connectivity index (χ1n) is 8.26. The van der Waals surface area contributed by atoms with E-state index in [-0.39, 0.29) is 5.41 Å². The van der Waals surface area contributed by atoms with E-state index in [9.17, 15) is 4.79 Å². The average molecular weight is 343 g/mol. The zero-order valence-corrected chi connectivity index (χ0v) is 14.6. The number of likely N-dealkylation sites (tertiary alicyclic amines) is 1. The number of thiophene rings is 1. The molecule has 0 unspecified atom stereocenters. The second-order valence-corrected chi connectivity index (χ2v) is 7.38.